The first-order valence-corrected chi connectivity index (χ1v) is 4.09. The number of hydrogen-bond acceptors (Lipinski definition) is 2. The fraction of sp³-hybridized carbons (Fsp3) is 0.300. The minimum absolute atomic E-state index is 0.703. The van der Waals surface area contributed by atoms with Gasteiger partial charge < -0.3 is 5.11 Å². The summed E-state index contributed by atoms with van der Waals surface area (Å²) < 4.78 is 0. The zero-order chi connectivity index (χ0) is 8.81. The van der Waals surface area contributed by atoms with E-state index >= 15 is 0 Å². The summed E-state index contributed by atoms with van der Waals surface area (Å²) in [5.74, 6) is 0. The second-order valence-electron chi connectivity index (χ2n) is 2.52. The van der Waals surface area contributed by atoms with Crippen molar-refractivity contribution < 1.29 is 5.11 Å². The Hall–Kier alpha value is -1.15. The van der Waals surface area contributed by atoms with Gasteiger partial charge in [-0.1, -0.05) is 37.3 Å². The van der Waals surface area contributed by atoms with Gasteiger partial charge in [0.1, 0.15) is 0 Å². The normalized spacial score (nSPS) is 13.5. The van der Waals surface area contributed by atoms with Crippen LogP contribution in [0.1, 0.15) is 25.1 Å². The maximum Gasteiger partial charge on any atom is 0.170 e. The largest absolute Gasteiger partial charge is 0.368 e. The molecule has 1 N–H and O–H groups in total. The second-order valence-corrected chi connectivity index (χ2v) is 2.52. The average Bonchev–Trinajstić information content (AvgIpc) is 2.15. The SMILES string of the molecule is CCC=NC(O)c1ccccc1. The van der Waals surface area contributed by atoms with Crippen molar-refractivity contribution in [2.24, 2.45) is 4.99 Å². The third-order valence-electron chi connectivity index (χ3n) is 1.53. The van der Waals surface area contributed by atoms with Crippen molar-refractivity contribution in [2.45, 2.75) is 19.6 Å². The van der Waals surface area contributed by atoms with Crippen molar-refractivity contribution in [1.82, 2.24) is 0 Å². The Bertz CT molecular complexity index is 243. The molecule has 1 aromatic carbocycles. The van der Waals surface area contributed by atoms with Crippen LogP contribution in [-0.2, 0) is 0 Å². The van der Waals surface area contributed by atoms with Crippen LogP contribution in [-0.4, -0.2) is 11.3 Å². The Balaban J connectivity index is 2.65. The molecule has 0 amide bonds. The minimum atomic E-state index is -0.703. The van der Waals surface area contributed by atoms with Crippen molar-refractivity contribution in [1.29, 1.82) is 0 Å². The van der Waals surface area contributed by atoms with Crippen LogP contribution < -0.4 is 0 Å². The summed E-state index contributed by atoms with van der Waals surface area (Å²) in [4.78, 5) is 3.94. The minimum Gasteiger partial charge on any atom is -0.368 e. The van der Waals surface area contributed by atoms with Gasteiger partial charge in [-0.3, -0.25) is 4.99 Å². The van der Waals surface area contributed by atoms with E-state index in [1.54, 1.807) is 6.21 Å². The molecular formula is C10H13NO. The van der Waals surface area contributed by atoms with E-state index in [-0.39, 0.29) is 0 Å². The molecule has 0 saturated heterocycles. The molecule has 1 aromatic rings. The summed E-state index contributed by atoms with van der Waals surface area (Å²) >= 11 is 0. The first-order valence-electron chi connectivity index (χ1n) is 4.09. The molecule has 0 saturated carbocycles. The molecule has 0 aliphatic carbocycles. The number of hydrogen-bond donors (Lipinski definition) is 1. The van der Waals surface area contributed by atoms with E-state index in [0.717, 1.165) is 12.0 Å². The van der Waals surface area contributed by atoms with Crippen molar-refractivity contribution in [3.8, 4) is 0 Å². The molecule has 0 spiro atoms. The van der Waals surface area contributed by atoms with Gasteiger partial charge in [0.25, 0.3) is 0 Å². The summed E-state index contributed by atoms with van der Waals surface area (Å²) in [6.07, 6.45) is 1.87. The van der Waals surface area contributed by atoms with Crippen molar-refractivity contribution in [2.75, 3.05) is 0 Å². The monoisotopic (exact) mass is 163 g/mol. The van der Waals surface area contributed by atoms with E-state index in [1.165, 1.54) is 0 Å². The highest BCUT2D eigenvalue weighted by molar-refractivity contribution is 5.56. The lowest BCUT2D eigenvalue weighted by Gasteiger charge is -2.03. The highest BCUT2D eigenvalue weighted by Crippen LogP contribution is 2.12. The topological polar surface area (TPSA) is 32.6 Å². The molecule has 0 fully saturated rings. The molecule has 0 aliphatic rings. The van der Waals surface area contributed by atoms with Gasteiger partial charge in [0.05, 0.1) is 0 Å². The summed E-state index contributed by atoms with van der Waals surface area (Å²) in [5, 5.41) is 9.45. The van der Waals surface area contributed by atoms with Crippen LogP contribution in [0.5, 0.6) is 0 Å². The Kier molecular flexibility index (Phi) is 3.48. The van der Waals surface area contributed by atoms with Crippen molar-refractivity contribution >= 4 is 6.21 Å². The van der Waals surface area contributed by atoms with Crippen molar-refractivity contribution in [3.05, 3.63) is 35.9 Å². The van der Waals surface area contributed by atoms with Crippen LogP contribution in [0, 0.1) is 0 Å². The number of benzene rings is 1. The van der Waals surface area contributed by atoms with E-state index in [0.29, 0.717) is 0 Å². The Morgan fingerprint density at radius 2 is 2.08 bits per heavy atom. The molecule has 1 atom stereocenters. The van der Waals surface area contributed by atoms with E-state index in [2.05, 4.69) is 4.99 Å². The quantitative estimate of drug-likeness (QED) is 0.680. The molecule has 0 aliphatic heterocycles. The molecule has 1 unspecified atom stereocenters. The third-order valence-corrected chi connectivity index (χ3v) is 1.53. The lowest BCUT2D eigenvalue weighted by atomic mass is 10.2. The van der Waals surface area contributed by atoms with Crippen LogP contribution in [0.2, 0.25) is 0 Å². The fourth-order valence-corrected chi connectivity index (χ4v) is 0.916. The maximum absolute atomic E-state index is 9.45. The summed E-state index contributed by atoms with van der Waals surface area (Å²) in [5.41, 5.74) is 0.835. The van der Waals surface area contributed by atoms with Crippen LogP contribution >= 0.6 is 0 Å². The summed E-state index contributed by atoms with van der Waals surface area (Å²) in [6.45, 7) is 1.99. The lowest BCUT2D eigenvalue weighted by molar-refractivity contribution is 0.189. The Morgan fingerprint density at radius 3 is 2.67 bits per heavy atom. The number of rotatable bonds is 3. The van der Waals surface area contributed by atoms with E-state index in [9.17, 15) is 5.11 Å². The van der Waals surface area contributed by atoms with Crippen molar-refractivity contribution in [3.63, 3.8) is 0 Å². The van der Waals surface area contributed by atoms with Gasteiger partial charge in [-0.2, -0.15) is 0 Å². The molecule has 0 bridgehead atoms. The molecule has 1 rings (SSSR count). The second kappa shape index (κ2) is 4.67. The van der Waals surface area contributed by atoms with E-state index in [1.807, 2.05) is 37.3 Å². The standard InChI is InChI=1S/C10H13NO/c1-2-8-11-10(12)9-6-4-3-5-7-9/h3-8,10,12H,2H2,1H3. The number of aliphatic hydroxyl groups is 1. The van der Waals surface area contributed by atoms with Crippen LogP contribution in [0.15, 0.2) is 35.3 Å². The van der Waals surface area contributed by atoms with E-state index < -0.39 is 6.23 Å². The first-order chi connectivity index (χ1) is 5.84. The average molecular weight is 163 g/mol. The number of nitrogens with zero attached hydrogens (tertiary/aromatic N) is 1. The molecule has 64 valence electrons. The molecule has 0 radical (unpaired) electrons. The maximum atomic E-state index is 9.45. The fourth-order valence-electron chi connectivity index (χ4n) is 0.916. The van der Waals surface area contributed by atoms with Crippen LogP contribution in [0.25, 0.3) is 0 Å². The van der Waals surface area contributed by atoms with Gasteiger partial charge >= 0.3 is 0 Å². The third kappa shape index (κ3) is 2.47. The van der Waals surface area contributed by atoms with Crippen LogP contribution in [0.3, 0.4) is 0 Å². The van der Waals surface area contributed by atoms with Gasteiger partial charge in [-0.05, 0) is 6.42 Å². The lowest BCUT2D eigenvalue weighted by Crippen LogP contribution is -1.92. The molecule has 2 nitrogen and oxygen atoms in total. The molecular weight excluding hydrogens is 150 g/mol. The van der Waals surface area contributed by atoms with Crippen LogP contribution in [0.4, 0.5) is 0 Å². The number of aliphatic imine (C=N–C) groups is 1. The predicted molar refractivity (Wildman–Crippen MR) is 50.2 cm³/mol. The zero-order valence-corrected chi connectivity index (χ0v) is 7.14. The van der Waals surface area contributed by atoms with Gasteiger partial charge in [-0.15, -0.1) is 0 Å². The smallest absolute Gasteiger partial charge is 0.170 e. The highest BCUT2D eigenvalue weighted by Gasteiger charge is 2.00. The number of aliphatic hydroxyl groups excluding tert-OH is 1. The van der Waals surface area contributed by atoms with Gasteiger partial charge in [0.15, 0.2) is 6.23 Å². The predicted octanol–water partition coefficient (Wildman–Crippen LogP) is 2.16. The Labute approximate surface area is 72.6 Å². The summed E-state index contributed by atoms with van der Waals surface area (Å²) in [6, 6.07) is 9.41. The molecule has 0 heterocycles. The van der Waals surface area contributed by atoms with Gasteiger partial charge in [0.2, 0.25) is 0 Å². The Morgan fingerprint density at radius 1 is 1.42 bits per heavy atom. The van der Waals surface area contributed by atoms with Gasteiger partial charge in [-0.25, -0.2) is 0 Å². The molecule has 2 heteroatoms. The molecule has 12 heavy (non-hydrogen) atoms. The first kappa shape index (κ1) is 8.94. The highest BCUT2D eigenvalue weighted by atomic mass is 16.3. The summed E-state index contributed by atoms with van der Waals surface area (Å²) in [7, 11) is 0. The van der Waals surface area contributed by atoms with Gasteiger partial charge in [0, 0.05) is 11.8 Å². The molecule has 0 aromatic heterocycles. The van der Waals surface area contributed by atoms with E-state index in [4.69, 9.17) is 0 Å². The zero-order valence-electron chi connectivity index (χ0n) is 7.14.